The quantitative estimate of drug-likeness (QED) is 0.672. The Kier molecular flexibility index (Phi) is 7.70. The highest BCUT2D eigenvalue weighted by molar-refractivity contribution is 6.32. The Hall–Kier alpha value is -2.58. The Morgan fingerprint density at radius 2 is 1.87 bits per heavy atom. The van der Waals surface area contributed by atoms with Crippen molar-refractivity contribution in [3.05, 3.63) is 46.7 Å². The fourth-order valence-corrected chi connectivity index (χ4v) is 3.69. The van der Waals surface area contributed by atoms with Gasteiger partial charge in [-0.1, -0.05) is 23.7 Å². The molecule has 1 N–H and O–H groups in total. The van der Waals surface area contributed by atoms with Crippen molar-refractivity contribution in [1.29, 1.82) is 0 Å². The van der Waals surface area contributed by atoms with Crippen LogP contribution in [0.2, 0.25) is 5.02 Å². The van der Waals surface area contributed by atoms with Gasteiger partial charge in [0.1, 0.15) is 5.56 Å². The molecule has 0 spiro atoms. The van der Waals surface area contributed by atoms with Gasteiger partial charge >= 0.3 is 12.1 Å². The van der Waals surface area contributed by atoms with Crippen LogP contribution in [0.5, 0.6) is 0 Å². The molecule has 0 atom stereocenters. The molecule has 1 aliphatic heterocycles. The maximum atomic E-state index is 12.4. The molecule has 0 saturated carbocycles. The van der Waals surface area contributed by atoms with Gasteiger partial charge in [0.05, 0.1) is 35.8 Å². The number of nitrogens with one attached hydrogen (secondary N) is 1. The normalized spacial score (nSPS) is 14.6. The van der Waals surface area contributed by atoms with Crippen molar-refractivity contribution in [1.82, 2.24) is 20.0 Å². The van der Waals surface area contributed by atoms with Crippen LogP contribution in [-0.4, -0.2) is 59.1 Å². The molecule has 9 heteroatoms. The number of esters is 1. The van der Waals surface area contributed by atoms with Gasteiger partial charge in [-0.3, -0.25) is 0 Å². The fraction of sp³-hybridized carbons (Fsp3) is 0.476. The van der Waals surface area contributed by atoms with E-state index >= 15 is 0 Å². The summed E-state index contributed by atoms with van der Waals surface area (Å²) in [6.45, 7) is 5.91. The largest absolute Gasteiger partial charge is 0.462 e. The zero-order chi connectivity index (χ0) is 21.5. The van der Waals surface area contributed by atoms with Crippen molar-refractivity contribution in [2.45, 2.75) is 39.3 Å². The second-order valence-electron chi connectivity index (χ2n) is 6.93. The first-order valence-electron chi connectivity index (χ1n) is 10.2. The number of ether oxygens (including phenoxy) is 2. The highest BCUT2D eigenvalue weighted by Gasteiger charge is 2.25. The monoisotopic (exact) mass is 434 g/mol. The molecule has 0 unspecified atom stereocenters. The lowest BCUT2D eigenvalue weighted by Gasteiger charge is -2.31. The molecule has 162 valence electrons. The fourth-order valence-electron chi connectivity index (χ4n) is 3.48. The van der Waals surface area contributed by atoms with E-state index in [1.165, 1.54) is 6.20 Å². The predicted octanol–water partition coefficient (Wildman–Crippen LogP) is 3.41. The first kappa shape index (κ1) is 22.1. The average molecular weight is 435 g/mol. The molecule has 1 aliphatic rings. The Labute approximate surface area is 181 Å². The van der Waals surface area contributed by atoms with Crippen molar-refractivity contribution >= 4 is 23.7 Å². The van der Waals surface area contributed by atoms with Crippen molar-refractivity contribution in [2.75, 3.05) is 26.3 Å². The smallest absolute Gasteiger partial charge is 0.409 e. The lowest BCUT2D eigenvalue weighted by Crippen LogP contribution is -2.45. The summed E-state index contributed by atoms with van der Waals surface area (Å²) in [6.07, 6.45) is 2.85. The Balaban J connectivity index is 1.73. The van der Waals surface area contributed by atoms with Crippen molar-refractivity contribution in [3.8, 4) is 5.69 Å². The van der Waals surface area contributed by atoms with Crippen LogP contribution in [0.3, 0.4) is 0 Å². The van der Waals surface area contributed by atoms with E-state index in [0.29, 0.717) is 48.2 Å². The van der Waals surface area contributed by atoms with Crippen molar-refractivity contribution in [3.63, 3.8) is 0 Å². The molecular formula is C21H27ClN4O4. The van der Waals surface area contributed by atoms with E-state index in [9.17, 15) is 9.59 Å². The van der Waals surface area contributed by atoms with E-state index in [0.717, 1.165) is 12.8 Å². The lowest BCUT2D eigenvalue weighted by atomic mass is 10.1. The van der Waals surface area contributed by atoms with Crippen LogP contribution in [0.25, 0.3) is 5.69 Å². The molecule has 0 aliphatic carbocycles. The third-order valence-corrected chi connectivity index (χ3v) is 5.34. The zero-order valence-corrected chi connectivity index (χ0v) is 18.0. The van der Waals surface area contributed by atoms with E-state index in [-0.39, 0.29) is 18.7 Å². The molecule has 1 fully saturated rings. The summed E-state index contributed by atoms with van der Waals surface area (Å²) >= 11 is 6.35. The number of hydrogen-bond acceptors (Lipinski definition) is 6. The summed E-state index contributed by atoms with van der Waals surface area (Å²) in [6, 6.07) is 7.56. The molecule has 30 heavy (non-hydrogen) atoms. The standard InChI is InChI=1S/C21H27ClN4O4/c1-3-29-20(27)16-13-24-26(18-8-6-5-7-17(18)22)19(16)14-23-15-9-11-25(12-10-15)21(28)30-4-2/h5-8,13,15,23H,3-4,9-12,14H2,1-2H3. The first-order chi connectivity index (χ1) is 14.5. The SMILES string of the molecule is CCOC(=O)c1cnn(-c2ccccc2Cl)c1CNC1CCN(C(=O)OCC)CC1. The number of nitrogens with zero attached hydrogens (tertiary/aromatic N) is 3. The number of benzene rings is 1. The molecule has 8 nitrogen and oxygen atoms in total. The number of carbonyl (C=O) groups is 2. The van der Waals surface area contributed by atoms with Gasteiger partial charge in [0.15, 0.2) is 0 Å². The van der Waals surface area contributed by atoms with E-state index in [1.807, 2.05) is 18.2 Å². The summed E-state index contributed by atoms with van der Waals surface area (Å²) in [5, 5.41) is 8.43. The van der Waals surface area contributed by atoms with E-state index in [4.69, 9.17) is 21.1 Å². The third-order valence-electron chi connectivity index (χ3n) is 5.02. The maximum Gasteiger partial charge on any atom is 0.409 e. The Bertz CT molecular complexity index is 878. The van der Waals surface area contributed by atoms with Gasteiger partial charge in [0.25, 0.3) is 0 Å². The van der Waals surface area contributed by atoms with Crippen molar-refractivity contribution in [2.24, 2.45) is 0 Å². The molecule has 2 heterocycles. The topological polar surface area (TPSA) is 85.7 Å². The van der Waals surface area contributed by atoms with Crippen LogP contribution in [0.4, 0.5) is 4.79 Å². The maximum absolute atomic E-state index is 12.4. The zero-order valence-electron chi connectivity index (χ0n) is 17.3. The second-order valence-corrected chi connectivity index (χ2v) is 7.34. The summed E-state index contributed by atoms with van der Waals surface area (Å²) in [5.41, 5.74) is 1.80. The minimum absolute atomic E-state index is 0.209. The van der Waals surface area contributed by atoms with Crippen molar-refractivity contribution < 1.29 is 19.1 Å². The molecule has 1 aromatic carbocycles. The third kappa shape index (κ3) is 5.12. The Morgan fingerprint density at radius 1 is 1.17 bits per heavy atom. The van der Waals surface area contributed by atoms with Gasteiger partial charge in [0, 0.05) is 25.7 Å². The molecule has 0 bridgehead atoms. The number of carbonyl (C=O) groups excluding carboxylic acids is 2. The van der Waals surface area contributed by atoms with Crippen LogP contribution in [0.1, 0.15) is 42.7 Å². The van der Waals surface area contributed by atoms with Crippen LogP contribution >= 0.6 is 11.6 Å². The number of aromatic nitrogens is 2. The number of rotatable bonds is 7. The molecular weight excluding hydrogens is 408 g/mol. The minimum Gasteiger partial charge on any atom is -0.462 e. The van der Waals surface area contributed by atoms with Gasteiger partial charge in [-0.15, -0.1) is 0 Å². The summed E-state index contributed by atoms with van der Waals surface area (Å²) in [4.78, 5) is 26.0. The molecule has 2 aromatic rings. The number of hydrogen-bond donors (Lipinski definition) is 1. The van der Waals surface area contributed by atoms with Gasteiger partial charge in [0.2, 0.25) is 0 Å². The molecule has 1 amide bonds. The van der Waals surface area contributed by atoms with Gasteiger partial charge in [-0.2, -0.15) is 5.10 Å². The number of piperidine rings is 1. The van der Waals surface area contributed by atoms with Crippen LogP contribution in [0.15, 0.2) is 30.5 Å². The second kappa shape index (κ2) is 10.4. The summed E-state index contributed by atoms with van der Waals surface area (Å²) in [7, 11) is 0. The molecule has 1 saturated heterocycles. The van der Waals surface area contributed by atoms with E-state index < -0.39 is 5.97 Å². The Morgan fingerprint density at radius 3 is 2.53 bits per heavy atom. The minimum atomic E-state index is -0.412. The van der Waals surface area contributed by atoms with Crippen LogP contribution in [-0.2, 0) is 16.0 Å². The molecule has 3 rings (SSSR count). The van der Waals surface area contributed by atoms with Crippen LogP contribution < -0.4 is 5.32 Å². The van der Waals surface area contributed by atoms with Gasteiger partial charge in [-0.25, -0.2) is 14.3 Å². The van der Waals surface area contributed by atoms with E-state index in [2.05, 4.69) is 10.4 Å². The van der Waals surface area contributed by atoms with Gasteiger partial charge in [-0.05, 0) is 38.8 Å². The average Bonchev–Trinajstić information content (AvgIpc) is 3.17. The lowest BCUT2D eigenvalue weighted by molar-refractivity contribution is 0.0524. The first-order valence-corrected chi connectivity index (χ1v) is 10.6. The number of halogens is 1. The highest BCUT2D eigenvalue weighted by Crippen LogP contribution is 2.23. The highest BCUT2D eigenvalue weighted by atomic mass is 35.5. The van der Waals surface area contributed by atoms with E-state index in [1.54, 1.807) is 29.5 Å². The molecule has 1 aromatic heterocycles. The number of para-hydroxylation sites is 1. The molecule has 0 radical (unpaired) electrons. The summed E-state index contributed by atoms with van der Waals surface area (Å²) < 4.78 is 11.9. The van der Waals surface area contributed by atoms with Crippen LogP contribution in [0, 0.1) is 0 Å². The number of amides is 1. The summed E-state index contributed by atoms with van der Waals surface area (Å²) in [5.74, 6) is -0.412. The number of likely N-dealkylation sites (tertiary alicyclic amines) is 1. The predicted molar refractivity (Wildman–Crippen MR) is 113 cm³/mol. The van der Waals surface area contributed by atoms with Gasteiger partial charge < -0.3 is 19.7 Å².